The van der Waals surface area contributed by atoms with E-state index < -0.39 is 0 Å². The van der Waals surface area contributed by atoms with E-state index in [0.717, 1.165) is 28.9 Å². The first-order chi connectivity index (χ1) is 15.4. The van der Waals surface area contributed by atoms with E-state index in [1.165, 1.54) is 0 Å². The second-order valence-corrected chi connectivity index (χ2v) is 7.87. The molecule has 0 heterocycles. The Morgan fingerprint density at radius 3 is 2.22 bits per heavy atom. The number of aryl methyl sites for hydroxylation is 1. The van der Waals surface area contributed by atoms with Gasteiger partial charge in [-0.3, -0.25) is 4.79 Å². The highest BCUT2D eigenvalue weighted by Gasteiger charge is 2.17. The number of nitrogens with one attached hydrogen (secondary N) is 3. The molecule has 1 atom stereocenters. The van der Waals surface area contributed by atoms with Gasteiger partial charge in [0.05, 0.1) is 11.6 Å². The van der Waals surface area contributed by atoms with E-state index >= 15 is 0 Å². The molecule has 0 aliphatic rings. The summed E-state index contributed by atoms with van der Waals surface area (Å²) in [6.45, 7) is 4.01. The molecule has 0 spiro atoms. The van der Waals surface area contributed by atoms with Crippen molar-refractivity contribution < 1.29 is 9.59 Å². The Balaban J connectivity index is 1.76. The Morgan fingerprint density at radius 1 is 0.875 bits per heavy atom. The molecule has 0 fully saturated rings. The minimum absolute atomic E-state index is 0.149. The molecule has 3 rings (SSSR count). The average molecular weight is 431 g/mol. The maximum absolute atomic E-state index is 13.1. The highest BCUT2D eigenvalue weighted by Crippen LogP contribution is 2.24. The van der Waals surface area contributed by atoms with Gasteiger partial charge in [0.2, 0.25) is 0 Å². The van der Waals surface area contributed by atoms with Gasteiger partial charge in [-0.2, -0.15) is 0 Å². The number of hydrogen-bond acceptors (Lipinski definition) is 3. The lowest BCUT2D eigenvalue weighted by Gasteiger charge is -2.20. The van der Waals surface area contributed by atoms with Gasteiger partial charge in [-0.25, -0.2) is 4.79 Å². The van der Waals surface area contributed by atoms with E-state index in [-0.39, 0.29) is 18.0 Å². The number of rotatable bonds is 7. The van der Waals surface area contributed by atoms with Crippen molar-refractivity contribution in [2.45, 2.75) is 26.3 Å². The van der Waals surface area contributed by atoms with E-state index in [1.54, 1.807) is 12.1 Å². The second-order valence-electron chi connectivity index (χ2n) is 7.87. The summed E-state index contributed by atoms with van der Waals surface area (Å²) in [5, 5.41) is 8.72. The number of hydrogen-bond donors (Lipinski definition) is 3. The summed E-state index contributed by atoms with van der Waals surface area (Å²) in [6, 6.07) is 22.3. The third-order valence-electron chi connectivity index (χ3n) is 5.22. The summed E-state index contributed by atoms with van der Waals surface area (Å²) in [5.41, 5.74) is 4.69. The van der Waals surface area contributed by atoms with Crippen LogP contribution in [-0.2, 0) is 6.42 Å². The van der Waals surface area contributed by atoms with Gasteiger partial charge < -0.3 is 20.9 Å². The third kappa shape index (κ3) is 5.88. The first kappa shape index (κ1) is 22.9. The van der Waals surface area contributed by atoms with Crippen molar-refractivity contribution in [3.05, 3.63) is 89.5 Å². The van der Waals surface area contributed by atoms with Crippen LogP contribution in [-0.4, -0.2) is 26.0 Å². The molecule has 3 N–H and O–H groups in total. The maximum atomic E-state index is 13.1. The molecule has 32 heavy (non-hydrogen) atoms. The van der Waals surface area contributed by atoms with E-state index in [0.29, 0.717) is 11.3 Å². The summed E-state index contributed by atoms with van der Waals surface area (Å²) in [4.78, 5) is 27.5. The predicted octanol–water partition coefficient (Wildman–Crippen LogP) is 5.45. The highest BCUT2D eigenvalue weighted by molar-refractivity contribution is 6.04. The van der Waals surface area contributed by atoms with E-state index in [4.69, 9.17) is 0 Å². The lowest BCUT2D eigenvalue weighted by molar-refractivity contribution is 0.0940. The van der Waals surface area contributed by atoms with Crippen LogP contribution in [0.25, 0.3) is 0 Å². The second kappa shape index (κ2) is 10.5. The van der Waals surface area contributed by atoms with Crippen LogP contribution in [0.4, 0.5) is 21.9 Å². The lowest BCUT2D eigenvalue weighted by Crippen LogP contribution is -2.28. The van der Waals surface area contributed by atoms with Crippen LogP contribution in [0.5, 0.6) is 0 Å². The van der Waals surface area contributed by atoms with Gasteiger partial charge in [0.1, 0.15) is 0 Å². The van der Waals surface area contributed by atoms with Crippen molar-refractivity contribution in [2.75, 3.05) is 29.6 Å². The molecule has 3 amide bonds. The molecule has 0 aromatic heterocycles. The Kier molecular flexibility index (Phi) is 7.49. The average Bonchev–Trinajstić information content (AvgIpc) is 2.79. The van der Waals surface area contributed by atoms with Crippen LogP contribution in [0.2, 0.25) is 0 Å². The smallest absolute Gasteiger partial charge is 0.323 e. The number of carbonyl (C=O) groups excluding carboxylic acids is 2. The van der Waals surface area contributed by atoms with E-state index in [9.17, 15) is 9.59 Å². The molecule has 6 nitrogen and oxygen atoms in total. The molecular formula is C26H30N4O2. The minimum atomic E-state index is -0.361. The zero-order valence-electron chi connectivity index (χ0n) is 19.0. The van der Waals surface area contributed by atoms with Gasteiger partial charge in [0.25, 0.3) is 5.91 Å². The molecular weight excluding hydrogens is 400 g/mol. The Labute approximate surface area is 189 Å². The monoisotopic (exact) mass is 430 g/mol. The van der Waals surface area contributed by atoms with Crippen LogP contribution in [0.3, 0.4) is 0 Å². The number of amides is 3. The molecule has 166 valence electrons. The predicted molar refractivity (Wildman–Crippen MR) is 132 cm³/mol. The molecule has 1 unspecified atom stereocenters. The Morgan fingerprint density at radius 2 is 1.56 bits per heavy atom. The summed E-state index contributed by atoms with van der Waals surface area (Å²) in [6.07, 6.45) is 0.892. The van der Waals surface area contributed by atoms with Gasteiger partial charge in [0.15, 0.2) is 0 Å². The molecule has 3 aromatic carbocycles. The molecule has 6 heteroatoms. The molecule has 0 radical (unpaired) electrons. The first-order valence-electron chi connectivity index (χ1n) is 10.7. The van der Waals surface area contributed by atoms with Gasteiger partial charge >= 0.3 is 6.03 Å². The topological polar surface area (TPSA) is 73.5 Å². The minimum Gasteiger partial charge on any atom is -0.377 e. The maximum Gasteiger partial charge on any atom is 0.323 e. The summed E-state index contributed by atoms with van der Waals surface area (Å²) in [5.74, 6) is -0.204. The molecule has 0 saturated heterocycles. The Bertz CT molecular complexity index is 1080. The number of nitrogens with zero attached hydrogens (tertiary/aromatic N) is 1. The zero-order chi connectivity index (χ0) is 23.1. The van der Waals surface area contributed by atoms with Crippen molar-refractivity contribution in [1.82, 2.24) is 5.32 Å². The standard InChI is InChI=1S/C26H30N4O2/c1-5-19-10-9-13-21(16-19)28-26(32)29-22-14-15-24(30(3)4)23(17-22)25(31)27-18(2)20-11-7-6-8-12-20/h6-18H,5H2,1-4H3,(H,27,31)(H2,28,29,32). The van der Waals surface area contributed by atoms with Crippen LogP contribution < -0.4 is 20.9 Å². The van der Waals surface area contributed by atoms with Gasteiger partial charge in [-0.15, -0.1) is 0 Å². The summed E-state index contributed by atoms with van der Waals surface area (Å²) < 4.78 is 0. The van der Waals surface area contributed by atoms with Gasteiger partial charge in [-0.05, 0) is 54.8 Å². The SMILES string of the molecule is CCc1cccc(NC(=O)Nc2ccc(N(C)C)c(C(=O)NC(C)c3ccccc3)c2)c1. The van der Waals surface area contributed by atoms with Crippen molar-refractivity contribution in [3.63, 3.8) is 0 Å². The van der Waals surface area contributed by atoms with Gasteiger partial charge in [-0.1, -0.05) is 49.4 Å². The Hall–Kier alpha value is -3.80. The molecule has 0 bridgehead atoms. The van der Waals surface area contributed by atoms with Crippen LogP contribution >= 0.6 is 0 Å². The normalized spacial score (nSPS) is 11.4. The summed E-state index contributed by atoms with van der Waals surface area (Å²) in [7, 11) is 3.76. The van der Waals surface area contributed by atoms with Crippen molar-refractivity contribution in [2.24, 2.45) is 0 Å². The molecule has 0 aliphatic heterocycles. The van der Waals surface area contributed by atoms with E-state index in [1.807, 2.05) is 86.6 Å². The third-order valence-corrected chi connectivity index (χ3v) is 5.22. The molecule has 3 aromatic rings. The molecule has 0 saturated carbocycles. The summed E-state index contributed by atoms with van der Waals surface area (Å²) >= 11 is 0. The number of carbonyl (C=O) groups is 2. The van der Waals surface area contributed by atoms with Crippen molar-refractivity contribution in [1.29, 1.82) is 0 Å². The largest absolute Gasteiger partial charge is 0.377 e. The fourth-order valence-corrected chi connectivity index (χ4v) is 3.45. The van der Waals surface area contributed by atoms with E-state index in [2.05, 4.69) is 22.9 Å². The fraction of sp³-hybridized carbons (Fsp3) is 0.231. The molecule has 0 aliphatic carbocycles. The van der Waals surface area contributed by atoms with Crippen LogP contribution in [0, 0.1) is 0 Å². The first-order valence-corrected chi connectivity index (χ1v) is 10.7. The van der Waals surface area contributed by atoms with Crippen molar-refractivity contribution >= 4 is 29.0 Å². The van der Waals surface area contributed by atoms with Crippen LogP contribution in [0.15, 0.2) is 72.8 Å². The van der Waals surface area contributed by atoms with Crippen LogP contribution in [0.1, 0.15) is 41.4 Å². The quantitative estimate of drug-likeness (QED) is 0.467. The van der Waals surface area contributed by atoms with Gasteiger partial charge in [0, 0.05) is 31.2 Å². The fourth-order valence-electron chi connectivity index (χ4n) is 3.45. The number of urea groups is 1. The lowest BCUT2D eigenvalue weighted by atomic mass is 10.1. The van der Waals surface area contributed by atoms with Crippen molar-refractivity contribution in [3.8, 4) is 0 Å². The number of anilines is 3. The highest BCUT2D eigenvalue weighted by atomic mass is 16.2. The zero-order valence-corrected chi connectivity index (χ0v) is 19.0. The number of benzene rings is 3.